The molecule has 51 heavy (non-hydrogen) atoms. The number of aryl methyl sites for hydroxylation is 1. The van der Waals surface area contributed by atoms with Gasteiger partial charge < -0.3 is 14.0 Å². The van der Waals surface area contributed by atoms with Gasteiger partial charge in [0.2, 0.25) is 5.71 Å². The molecule has 0 saturated heterocycles. The van der Waals surface area contributed by atoms with Gasteiger partial charge in [0.15, 0.2) is 0 Å². The average Bonchev–Trinajstić information content (AvgIpc) is 3.85. The van der Waals surface area contributed by atoms with Gasteiger partial charge in [-0.25, -0.2) is 4.98 Å². The summed E-state index contributed by atoms with van der Waals surface area (Å²) in [6, 6.07) is 33.7. The molecule has 8 rings (SSSR count). The van der Waals surface area contributed by atoms with E-state index >= 15 is 0 Å². The number of aromatic nitrogens is 4. The molecule has 265 valence electrons. The first-order chi connectivity index (χ1) is 24.2. The van der Waals surface area contributed by atoms with Gasteiger partial charge in [-0.05, 0) is 66.7 Å². The first-order valence-electron chi connectivity index (χ1n) is 18.3. The molecule has 0 N–H and O–H groups in total. The Balaban J connectivity index is 0.000000188. The topological polar surface area (TPSA) is 56.7 Å². The summed E-state index contributed by atoms with van der Waals surface area (Å²) in [6.07, 6.45) is 9.66. The number of furan rings is 1. The zero-order valence-electron chi connectivity index (χ0n) is 30.7. The maximum Gasteiger partial charge on any atom is 0.216 e. The molecule has 1 fully saturated rings. The SMILES string of the molecule is CC(C)Cc1cc(-c2[c-]cccc2)ncc1[Si](C)(C)C.CCn1c(-c2[c-]ccc3c2oc2nc(CC4CCCC4)ccc23)nc2ccccc21.[Ir]. The van der Waals surface area contributed by atoms with Crippen LogP contribution < -0.4 is 5.19 Å². The van der Waals surface area contributed by atoms with Crippen molar-refractivity contribution in [2.45, 2.75) is 85.5 Å². The Morgan fingerprint density at radius 3 is 2.41 bits per heavy atom. The number of nitrogens with zero attached hydrogens (tertiary/aromatic N) is 4. The van der Waals surface area contributed by atoms with Gasteiger partial charge in [-0.1, -0.05) is 93.9 Å². The number of imidazole rings is 1. The van der Waals surface area contributed by atoms with Crippen molar-refractivity contribution >= 4 is 46.4 Å². The third kappa shape index (κ3) is 7.96. The molecule has 5 nitrogen and oxygen atoms in total. The number of para-hydroxylation sites is 2. The summed E-state index contributed by atoms with van der Waals surface area (Å²) >= 11 is 0. The number of rotatable bonds is 8. The van der Waals surface area contributed by atoms with E-state index in [1.165, 1.54) is 36.4 Å². The van der Waals surface area contributed by atoms with Crippen molar-refractivity contribution in [1.29, 1.82) is 0 Å². The van der Waals surface area contributed by atoms with E-state index in [-0.39, 0.29) is 20.1 Å². The van der Waals surface area contributed by atoms with Gasteiger partial charge in [0, 0.05) is 43.9 Å². The van der Waals surface area contributed by atoms with Crippen molar-refractivity contribution in [2.75, 3.05) is 0 Å². The van der Waals surface area contributed by atoms with Crippen LogP contribution in [0.2, 0.25) is 19.6 Å². The Kier molecular flexibility index (Phi) is 11.4. The van der Waals surface area contributed by atoms with Crippen molar-refractivity contribution < 1.29 is 24.5 Å². The predicted octanol–water partition coefficient (Wildman–Crippen LogP) is 10.8. The first kappa shape index (κ1) is 36.9. The van der Waals surface area contributed by atoms with Crippen molar-refractivity contribution in [3.05, 3.63) is 108 Å². The van der Waals surface area contributed by atoms with E-state index in [9.17, 15) is 0 Å². The van der Waals surface area contributed by atoms with Crippen LogP contribution in [0, 0.1) is 24.0 Å². The molecule has 1 radical (unpaired) electrons. The molecular weight excluding hydrogens is 821 g/mol. The minimum absolute atomic E-state index is 0. The van der Waals surface area contributed by atoms with Crippen LogP contribution in [0.1, 0.15) is 57.7 Å². The summed E-state index contributed by atoms with van der Waals surface area (Å²) in [5.41, 5.74) is 9.31. The van der Waals surface area contributed by atoms with Gasteiger partial charge in [0.1, 0.15) is 0 Å². The molecule has 0 atom stereocenters. The summed E-state index contributed by atoms with van der Waals surface area (Å²) < 4.78 is 8.57. The molecule has 1 aliphatic carbocycles. The van der Waals surface area contributed by atoms with Crippen LogP contribution in [0.4, 0.5) is 0 Å². The quantitative estimate of drug-likeness (QED) is 0.113. The molecule has 4 aromatic heterocycles. The molecule has 0 spiro atoms. The molecule has 4 heterocycles. The fourth-order valence-corrected chi connectivity index (χ4v) is 9.11. The number of pyridine rings is 2. The zero-order valence-corrected chi connectivity index (χ0v) is 34.1. The molecule has 0 aliphatic heterocycles. The third-order valence-electron chi connectivity index (χ3n) is 9.93. The molecule has 0 bridgehead atoms. The number of benzene rings is 3. The number of hydrogen-bond donors (Lipinski definition) is 0. The minimum Gasteiger partial charge on any atom is -0.486 e. The molecule has 0 unspecified atom stereocenters. The number of hydrogen-bond acceptors (Lipinski definition) is 4. The standard InChI is InChI=1S/C26H24N3O.C18H24NSi.Ir/c1-2-29-23-13-6-5-12-22(23)28-25(29)21-11-7-10-19-20-15-14-18(16-17-8-3-4-9-17)27-26(20)30-24(19)21;1-14(2)11-16-12-17(15-9-7-6-8-10-15)19-13-18(16)20(3,4)5;/h5-7,10,12-15,17H,2-4,8-9,16H2,1H3;6-9,12-14H,11H2,1-5H3;/q2*-1;. The number of fused-ring (bicyclic) bond motifs is 4. The van der Waals surface area contributed by atoms with Crippen LogP contribution in [0.15, 0.2) is 89.5 Å². The van der Waals surface area contributed by atoms with E-state index in [1.54, 1.807) is 0 Å². The maximum absolute atomic E-state index is 6.34. The smallest absolute Gasteiger partial charge is 0.216 e. The fourth-order valence-electron chi connectivity index (χ4n) is 7.52. The molecule has 7 heteroatoms. The summed E-state index contributed by atoms with van der Waals surface area (Å²) in [5.74, 6) is 2.34. The Morgan fingerprint density at radius 2 is 1.69 bits per heavy atom. The van der Waals surface area contributed by atoms with Crippen molar-refractivity contribution in [3.63, 3.8) is 0 Å². The zero-order chi connectivity index (χ0) is 34.8. The van der Waals surface area contributed by atoms with Gasteiger partial charge in [-0.15, -0.1) is 54.1 Å². The second-order valence-corrected chi connectivity index (χ2v) is 20.3. The van der Waals surface area contributed by atoms with Gasteiger partial charge in [-0.3, -0.25) is 4.98 Å². The van der Waals surface area contributed by atoms with E-state index in [1.807, 2.05) is 30.3 Å². The predicted molar refractivity (Wildman–Crippen MR) is 210 cm³/mol. The van der Waals surface area contributed by atoms with E-state index < -0.39 is 8.07 Å². The van der Waals surface area contributed by atoms with Crippen LogP contribution in [-0.2, 0) is 39.5 Å². The molecular formula is C44H48IrN4OSi-2. The Labute approximate surface area is 317 Å². The molecule has 7 aromatic rings. The molecule has 1 aliphatic rings. The molecule has 0 amide bonds. The fraction of sp³-hybridized carbons (Fsp3) is 0.341. The van der Waals surface area contributed by atoms with Crippen LogP contribution in [0.25, 0.3) is 55.7 Å². The molecule has 1 saturated carbocycles. The summed E-state index contributed by atoms with van der Waals surface area (Å²) in [6.45, 7) is 14.7. The Morgan fingerprint density at radius 1 is 0.902 bits per heavy atom. The summed E-state index contributed by atoms with van der Waals surface area (Å²) in [7, 11) is -1.34. The summed E-state index contributed by atoms with van der Waals surface area (Å²) in [5, 5.41) is 3.63. The van der Waals surface area contributed by atoms with E-state index in [0.29, 0.717) is 5.92 Å². The largest absolute Gasteiger partial charge is 0.486 e. The van der Waals surface area contributed by atoms with Crippen molar-refractivity contribution in [2.24, 2.45) is 11.8 Å². The second-order valence-electron chi connectivity index (χ2n) is 15.2. The maximum atomic E-state index is 6.34. The normalized spacial score (nSPS) is 13.5. The second kappa shape index (κ2) is 15.8. The van der Waals surface area contributed by atoms with E-state index in [4.69, 9.17) is 14.4 Å². The van der Waals surface area contributed by atoms with E-state index in [0.717, 1.165) is 86.7 Å². The van der Waals surface area contributed by atoms with Crippen LogP contribution >= 0.6 is 0 Å². The Hall–Kier alpha value is -3.90. The third-order valence-corrected chi connectivity index (χ3v) is 12.0. The van der Waals surface area contributed by atoms with Crippen molar-refractivity contribution in [3.8, 4) is 22.6 Å². The monoisotopic (exact) mass is 869 g/mol. The minimum atomic E-state index is -1.34. The van der Waals surface area contributed by atoms with Gasteiger partial charge in [-0.2, -0.15) is 0 Å². The summed E-state index contributed by atoms with van der Waals surface area (Å²) in [4.78, 5) is 14.5. The van der Waals surface area contributed by atoms with Crippen LogP contribution in [-0.4, -0.2) is 27.6 Å². The van der Waals surface area contributed by atoms with Crippen LogP contribution in [0.3, 0.4) is 0 Å². The van der Waals surface area contributed by atoms with Gasteiger partial charge >= 0.3 is 0 Å². The van der Waals surface area contributed by atoms with Gasteiger partial charge in [0.05, 0.1) is 30.5 Å². The van der Waals surface area contributed by atoms with Crippen LogP contribution in [0.5, 0.6) is 0 Å². The average molecular weight is 869 g/mol. The van der Waals surface area contributed by atoms with Crippen molar-refractivity contribution in [1.82, 2.24) is 19.5 Å². The first-order valence-corrected chi connectivity index (χ1v) is 21.8. The van der Waals surface area contributed by atoms with E-state index in [2.05, 4.69) is 117 Å². The molecule has 3 aromatic carbocycles. The van der Waals surface area contributed by atoms with Gasteiger partial charge in [0.25, 0.3) is 0 Å². The Bertz CT molecular complexity index is 2240.